The first-order chi connectivity index (χ1) is 16.9. The molecule has 0 radical (unpaired) electrons. The van der Waals surface area contributed by atoms with E-state index in [-0.39, 0.29) is 11.8 Å². The van der Waals surface area contributed by atoms with Gasteiger partial charge in [-0.25, -0.2) is 0 Å². The third-order valence-corrected chi connectivity index (χ3v) is 7.94. The number of Topliss-reactive ketones (excluding diaryl/α,β-unsaturated/α-hetero) is 1. The molecule has 1 N–H and O–H groups in total. The fourth-order valence-electron chi connectivity index (χ4n) is 5.53. The van der Waals surface area contributed by atoms with Gasteiger partial charge < -0.3 is 14.1 Å². The SMILES string of the molecule is COC(=O)C1C[C@H]2c3[nH]c4ccccc4c3CC(C1=O)N2Cc1ccc(-c2ccc(Cl)c(Cl)c2)o1. The summed E-state index contributed by atoms with van der Waals surface area (Å²) in [5.41, 5.74) is 4.07. The van der Waals surface area contributed by atoms with E-state index < -0.39 is 17.9 Å². The van der Waals surface area contributed by atoms with E-state index in [9.17, 15) is 9.59 Å². The van der Waals surface area contributed by atoms with Crippen molar-refractivity contribution in [1.82, 2.24) is 9.88 Å². The lowest BCUT2D eigenvalue weighted by atomic mass is 9.76. The van der Waals surface area contributed by atoms with Gasteiger partial charge in [0.1, 0.15) is 17.4 Å². The number of halogens is 2. The lowest BCUT2D eigenvalue weighted by Gasteiger charge is -2.46. The lowest BCUT2D eigenvalue weighted by molar-refractivity contribution is -0.156. The molecule has 2 aromatic carbocycles. The van der Waals surface area contributed by atoms with Crippen molar-refractivity contribution >= 4 is 45.9 Å². The minimum Gasteiger partial charge on any atom is -0.468 e. The van der Waals surface area contributed by atoms with Crippen molar-refractivity contribution in [2.75, 3.05) is 7.11 Å². The number of nitrogens with zero attached hydrogens (tertiary/aromatic N) is 1. The number of nitrogens with one attached hydrogen (secondary N) is 1. The molecule has 8 heteroatoms. The fourth-order valence-corrected chi connectivity index (χ4v) is 5.83. The van der Waals surface area contributed by atoms with Gasteiger partial charge >= 0.3 is 5.97 Å². The number of aromatic amines is 1. The number of ketones is 1. The van der Waals surface area contributed by atoms with Crippen LogP contribution < -0.4 is 0 Å². The zero-order chi connectivity index (χ0) is 24.3. The van der Waals surface area contributed by atoms with Gasteiger partial charge in [-0.3, -0.25) is 14.5 Å². The molecule has 35 heavy (non-hydrogen) atoms. The van der Waals surface area contributed by atoms with Crippen LogP contribution in [0.15, 0.2) is 59.0 Å². The average Bonchev–Trinajstić information content (AvgIpc) is 3.47. The van der Waals surface area contributed by atoms with Crippen molar-refractivity contribution in [3.8, 4) is 11.3 Å². The number of H-pyrrole nitrogens is 1. The third-order valence-electron chi connectivity index (χ3n) is 7.20. The number of aromatic nitrogens is 1. The first-order valence-corrected chi connectivity index (χ1v) is 12.2. The lowest BCUT2D eigenvalue weighted by Crippen LogP contribution is -2.56. The van der Waals surface area contributed by atoms with E-state index in [4.69, 9.17) is 32.4 Å². The highest BCUT2D eigenvalue weighted by Gasteiger charge is 2.50. The normalized spacial score (nSPS) is 21.8. The standard InChI is InChI=1S/C27H22Cl2N2O4/c1-34-27(33)18-12-22-25-17(16-4-2-3-5-21(16)30-25)11-23(26(18)32)31(22)13-15-7-9-24(35-15)14-6-8-19(28)20(29)10-14/h2-10,18,22-23,30H,11-13H2,1H3/t18?,22-,23?/m0/s1. The number of esters is 1. The fraction of sp³-hybridized carbons (Fsp3) is 0.259. The minimum atomic E-state index is -0.769. The number of carbonyl (C=O) groups is 2. The van der Waals surface area contributed by atoms with Gasteiger partial charge in [0.15, 0.2) is 5.78 Å². The number of piperidine rings is 1. The molecule has 2 bridgehead atoms. The van der Waals surface area contributed by atoms with E-state index in [0.29, 0.717) is 35.2 Å². The smallest absolute Gasteiger partial charge is 0.316 e. The summed E-state index contributed by atoms with van der Waals surface area (Å²) < 4.78 is 11.1. The Morgan fingerprint density at radius 3 is 2.74 bits per heavy atom. The van der Waals surface area contributed by atoms with Crippen LogP contribution in [0.25, 0.3) is 22.2 Å². The second-order valence-electron chi connectivity index (χ2n) is 9.08. The van der Waals surface area contributed by atoms with Crippen LogP contribution in [0.5, 0.6) is 0 Å². The molecule has 2 aromatic heterocycles. The molecule has 0 saturated carbocycles. The van der Waals surface area contributed by atoms with Gasteiger partial charge in [-0.2, -0.15) is 0 Å². The molecule has 0 amide bonds. The summed E-state index contributed by atoms with van der Waals surface area (Å²) in [4.78, 5) is 31.7. The maximum atomic E-state index is 13.5. The highest BCUT2D eigenvalue weighted by molar-refractivity contribution is 6.42. The maximum absolute atomic E-state index is 13.5. The Bertz CT molecular complexity index is 1470. The highest BCUT2D eigenvalue weighted by Crippen LogP contribution is 2.46. The van der Waals surface area contributed by atoms with Gasteiger partial charge in [-0.05, 0) is 54.8 Å². The summed E-state index contributed by atoms with van der Waals surface area (Å²) in [5, 5.41) is 2.07. The van der Waals surface area contributed by atoms with Crippen LogP contribution in [-0.2, 0) is 27.3 Å². The van der Waals surface area contributed by atoms with E-state index in [1.54, 1.807) is 12.1 Å². The number of hydrogen-bond acceptors (Lipinski definition) is 5. The Kier molecular flexibility index (Phi) is 5.48. The van der Waals surface area contributed by atoms with Gasteiger partial charge in [0.25, 0.3) is 0 Å². The van der Waals surface area contributed by atoms with Crippen LogP contribution >= 0.6 is 23.2 Å². The van der Waals surface area contributed by atoms with E-state index >= 15 is 0 Å². The van der Waals surface area contributed by atoms with Gasteiger partial charge in [0.2, 0.25) is 0 Å². The number of carbonyl (C=O) groups excluding carboxylic acids is 2. The molecule has 1 fully saturated rings. The Labute approximate surface area is 211 Å². The molecule has 178 valence electrons. The van der Waals surface area contributed by atoms with Crippen molar-refractivity contribution in [1.29, 1.82) is 0 Å². The highest BCUT2D eigenvalue weighted by atomic mass is 35.5. The van der Waals surface area contributed by atoms with E-state index in [2.05, 4.69) is 16.0 Å². The van der Waals surface area contributed by atoms with Crippen LogP contribution in [0, 0.1) is 5.92 Å². The first kappa shape index (κ1) is 22.4. The average molecular weight is 509 g/mol. The molecule has 4 aromatic rings. The number of methoxy groups -OCH3 is 1. The molecular weight excluding hydrogens is 487 g/mol. The molecule has 6 nitrogen and oxygen atoms in total. The number of rotatable bonds is 4. The molecule has 0 spiro atoms. The molecule has 2 unspecified atom stereocenters. The summed E-state index contributed by atoms with van der Waals surface area (Å²) in [7, 11) is 1.33. The van der Waals surface area contributed by atoms with Gasteiger partial charge in [0.05, 0.1) is 35.8 Å². The molecule has 2 aliphatic heterocycles. The molecule has 1 saturated heterocycles. The van der Waals surface area contributed by atoms with Crippen LogP contribution in [0.4, 0.5) is 0 Å². The van der Waals surface area contributed by atoms with Crippen LogP contribution in [0.3, 0.4) is 0 Å². The van der Waals surface area contributed by atoms with E-state index in [1.807, 2.05) is 36.4 Å². The van der Waals surface area contributed by atoms with Crippen molar-refractivity contribution in [2.24, 2.45) is 5.92 Å². The number of fused-ring (bicyclic) bond motifs is 6. The summed E-state index contributed by atoms with van der Waals surface area (Å²) in [6.07, 6.45) is 0.894. The van der Waals surface area contributed by atoms with E-state index in [1.165, 1.54) is 7.11 Å². The zero-order valence-corrected chi connectivity index (χ0v) is 20.4. The number of benzene rings is 2. The van der Waals surface area contributed by atoms with E-state index in [0.717, 1.165) is 33.5 Å². The summed E-state index contributed by atoms with van der Waals surface area (Å²) >= 11 is 12.2. The second-order valence-corrected chi connectivity index (χ2v) is 9.89. The number of ether oxygens (including phenoxy) is 1. The summed E-state index contributed by atoms with van der Waals surface area (Å²) in [5.74, 6) is 0.0642. The second kappa shape index (κ2) is 8.55. The molecule has 2 aliphatic rings. The molecule has 3 atom stereocenters. The summed E-state index contributed by atoms with van der Waals surface area (Å²) in [6.45, 7) is 0.436. The van der Waals surface area contributed by atoms with Crippen molar-refractivity contribution < 1.29 is 18.7 Å². The molecule has 6 rings (SSSR count). The Balaban J connectivity index is 1.37. The monoisotopic (exact) mass is 508 g/mol. The van der Waals surface area contributed by atoms with Crippen LogP contribution in [0.1, 0.15) is 29.5 Å². The van der Waals surface area contributed by atoms with Gasteiger partial charge in [-0.15, -0.1) is 0 Å². The molecular formula is C27H22Cl2N2O4. The Hall–Kier alpha value is -3.06. The van der Waals surface area contributed by atoms with Crippen molar-refractivity contribution in [3.05, 3.63) is 81.7 Å². The predicted octanol–water partition coefficient (Wildman–Crippen LogP) is 5.96. The molecule has 4 heterocycles. The largest absolute Gasteiger partial charge is 0.468 e. The zero-order valence-electron chi connectivity index (χ0n) is 18.9. The molecule has 0 aliphatic carbocycles. The Morgan fingerprint density at radius 2 is 1.94 bits per heavy atom. The number of para-hydroxylation sites is 1. The Morgan fingerprint density at radius 1 is 1.11 bits per heavy atom. The first-order valence-electron chi connectivity index (χ1n) is 11.5. The van der Waals surface area contributed by atoms with Crippen LogP contribution in [0.2, 0.25) is 10.0 Å². The predicted molar refractivity (Wildman–Crippen MR) is 133 cm³/mol. The maximum Gasteiger partial charge on any atom is 0.316 e. The van der Waals surface area contributed by atoms with Crippen molar-refractivity contribution in [2.45, 2.75) is 31.5 Å². The topological polar surface area (TPSA) is 75.5 Å². The number of hydrogen-bond donors (Lipinski definition) is 1. The van der Waals surface area contributed by atoms with Gasteiger partial charge in [-0.1, -0.05) is 41.4 Å². The van der Waals surface area contributed by atoms with Crippen molar-refractivity contribution in [3.63, 3.8) is 0 Å². The van der Waals surface area contributed by atoms with Crippen LogP contribution in [-0.4, -0.2) is 34.8 Å². The summed E-state index contributed by atoms with van der Waals surface area (Å²) in [6, 6.07) is 16.7. The minimum absolute atomic E-state index is 0.0970. The quantitative estimate of drug-likeness (QED) is 0.271. The third kappa shape index (κ3) is 3.68. The number of furan rings is 1. The van der Waals surface area contributed by atoms with Gasteiger partial charge in [0, 0.05) is 22.2 Å².